The van der Waals surface area contributed by atoms with Crippen LogP contribution in [0.25, 0.3) is 0 Å². The van der Waals surface area contributed by atoms with E-state index in [0.29, 0.717) is 43.0 Å². The van der Waals surface area contributed by atoms with Crippen molar-refractivity contribution in [1.82, 2.24) is 10.2 Å². The van der Waals surface area contributed by atoms with Crippen LogP contribution in [-0.2, 0) is 0 Å². The van der Waals surface area contributed by atoms with Crippen molar-refractivity contribution in [3.63, 3.8) is 0 Å². The van der Waals surface area contributed by atoms with Crippen molar-refractivity contribution in [2.45, 2.75) is 18.9 Å². The lowest BCUT2D eigenvalue weighted by Gasteiger charge is -2.33. The maximum atomic E-state index is 13.9. The number of halogens is 2. The summed E-state index contributed by atoms with van der Waals surface area (Å²) in [5, 5.41) is 2.88. The van der Waals surface area contributed by atoms with E-state index >= 15 is 0 Å². The van der Waals surface area contributed by atoms with Gasteiger partial charge in [0.15, 0.2) is 0 Å². The molecule has 154 valence electrons. The van der Waals surface area contributed by atoms with Crippen molar-refractivity contribution >= 4 is 23.4 Å². The van der Waals surface area contributed by atoms with Crippen LogP contribution in [0.5, 0.6) is 11.5 Å². The first-order valence-electron chi connectivity index (χ1n) is 9.21. The Morgan fingerprint density at radius 1 is 1.03 bits per heavy atom. The summed E-state index contributed by atoms with van der Waals surface area (Å²) in [6.45, 7) is 0.881. The van der Waals surface area contributed by atoms with Crippen LogP contribution in [0.2, 0.25) is 5.02 Å². The summed E-state index contributed by atoms with van der Waals surface area (Å²) >= 11 is 5.95. The molecular weight excluding hydrogens is 399 g/mol. The highest BCUT2D eigenvalue weighted by Crippen LogP contribution is 2.30. The van der Waals surface area contributed by atoms with Crippen molar-refractivity contribution in [2.24, 2.45) is 0 Å². The van der Waals surface area contributed by atoms with Gasteiger partial charge in [0.2, 0.25) is 0 Å². The van der Waals surface area contributed by atoms with Crippen LogP contribution in [0, 0.1) is 5.82 Å². The number of nitrogens with zero attached hydrogens (tertiary/aromatic N) is 1. The molecule has 1 fully saturated rings. The Morgan fingerprint density at radius 2 is 1.62 bits per heavy atom. The van der Waals surface area contributed by atoms with E-state index in [4.69, 9.17) is 21.1 Å². The maximum absolute atomic E-state index is 13.9. The second-order valence-electron chi connectivity index (χ2n) is 6.67. The smallest absolute Gasteiger partial charge is 0.261 e. The van der Waals surface area contributed by atoms with Crippen LogP contribution in [0.1, 0.15) is 33.6 Å². The van der Waals surface area contributed by atoms with E-state index in [2.05, 4.69) is 5.32 Å². The zero-order valence-electron chi connectivity index (χ0n) is 16.2. The van der Waals surface area contributed by atoms with Gasteiger partial charge in [0.05, 0.1) is 24.8 Å². The summed E-state index contributed by atoms with van der Waals surface area (Å²) in [5.41, 5.74) is 0.213. The normalized spacial score (nSPS) is 14.4. The molecule has 1 saturated heterocycles. The summed E-state index contributed by atoms with van der Waals surface area (Å²) in [5.74, 6) is -0.519. The fraction of sp³-hybridized carbons (Fsp3) is 0.333. The Bertz CT molecular complexity index is 871. The molecule has 0 aliphatic carbocycles. The third-order valence-electron chi connectivity index (χ3n) is 4.95. The monoisotopic (exact) mass is 420 g/mol. The summed E-state index contributed by atoms with van der Waals surface area (Å²) in [4.78, 5) is 27.1. The fourth-order valence-corrected chi connectivity index (χ4v) is 3.67. The van der Waals surface area contributed by atoms with Crippen LogP contribution >= 0.6 is 11.6 Å². The predicted octanol–water partition coefficient (Wildman–Crippen LogP) is 3.53. The molecule has 0 unspecified atom stereocenters. The molecule has 3 rings (SSSR count). The summed E-state index contributed by atoms with van der Waals surface area (Å²) in [6.07, 6.45) is 1.09. The molecule has 0 spiro atoms. The van der Waals surface area contributed by atoms with E-state index in [1.54, 1.807) is 23.1 Å². The third-order valence-corrected chi connectivity index (χ3v) is 5.26. The van der Waals surface area contributed by atoms with Gasteiger partial charge in [0, 0.05) is 19.1 Å². The highest BCUT2D eigenvalue weighted by Gasteiger charge is 2.29. The average Bonchev–Trinajstić information content (AvgIpc) is 2.73. The molecule has 0 saturated carbocycles. The number of carbonyl (C=O) groups excluding carboxylic acids is 2. The number of nitrogens with one attached hydrogen (secondary N) is 1. The number of benzene rings is 2. The lowest BCUT2D eigenvalue weighted by atomic mass is 10.0. The van der Waals surface area contributed by atoms with Crippen LogP contribution in [0.4, 0.5) is 4.39 Å². The summed E-state index contributed by atoms with van der Waals surface area (Å²) in [7, 11) is 3.00. The minimum Gasteiger partial charge on any atom is -0.496 e. The Kier molecular flexibility index (Phi) is 6.59. The lowest BCUT2D eigenvalue weighted by molar-refractivity contribution is 0.0691. The molecule has 0 bridgehead atoms. The number of carbonyl (C=O) groups is 2. The molecule has 1 heterocycles. The van der Waals surface area contributed by atoms with Gasteiger partial charge in [-0.05, 0) is 37.1 Å². The molecule has 1 N–H and O–H groups in total. The van der Waals surface area contributed by atoms with Gasteiger partial charge < -0.3 is 19.7 Å². The Hall–Kier alpha value is -2.80. The van der Waals surface area contributed by atoms with Crippen molar-refractivity contribution in [2.75, 3.05) is 27.3 Å². The first-order valence-corrected chi connectivity index (χ1v) is 9.59. The molecule has 29 heavy (non-hydrogen) atoms. The predicted molar refractivity (Wildman–Crippen MR) is 107 cm³/mol. The number of piperidine rings is 1. The van der Waals surface area contributed by atoms with Gasteiger partial charge in [-0.15, -0.1) is 0 Å². The molecule has 6 nitrogen and oxygen atoms in total. The van der Waals surface area contributed by atoms with Gasteiger partial charge >= 0.3 is 0 Å². The minimum atomic E-state index is -0.661. The molecule has 0 aromatic heterocycles. The topological polar surface area (TPSA) is 67.9 Å². The van der Waals surface area contributed by atoms with Crippen LogP contribution in [0.3, 0.4) is 0 Å². The Balaban J connectivity index is 1.65. The zero-order valence-corrected chi connectivity index (χ0v) is 17.0. The van der Waals surface area contributed by atoms with Crippen molar-refractivity contribution in [3.8, 4) is 11.5 Å². The maximum Gasteiger partial charge on any atom is 0.261 e. The van der Waals surface area contributed by atoms with Gasteiger partial charge in [-0.3, -0.25) is 9.59 Å². The van der Waals surface area contributed by atoms with E-state index in [9.17, 15) is 14.0 Å². The molecule has 2 amide bonds. The molecular formula is C21H22ClFN2O4. The van der Waals surface area contributed by atoms with Gasteiger partial charge in [-0.2, -0.15) is 0 Å². The number of hydrogen-bond donors (Lipinski definition) is 1. The number of likely N-dealkylation sites (tertiary alicyclic amines) is 1. The molecule has 0 atom stereocenters. The first-order chi connectivity index (χ1) is 14.0. The lowest BCUT2D eigenvalue weighted by Crippen LogP contribution is -2.46. The number of rotatable bonds is 5. The molecule has 1 aliphatic rings. The minimum absolute atomic E-state index is 0.0679. The summed E-state index contributed by atoms with van der Waals surface area (Å²) < 4.78 is 24.6. The quantitative estimate of drug-likeness (QED) is 0.803. The third kappa shape index (κ3) is 4.45. The molecule has 8 heteroatoms. The van der Waals surface area contributed by atoms with E-state index in [-0.39, 0.29) is 22.5 Å². The highest BCUT2D eigenvalue weighted by atomic mass is 35.5. The van der Waals surface area contributed by atoms with Gasteiger partial charge in [-0.25, -0.2) is 4.39 Å². The van der Waals surface area contributed by atoms with E-state index in [1.165, 1.54) is 32.4 Å². The molecule has 2 aromatic carbocycles. The van der Waals surface area contributed by atoms with Crippen LogP contribution in [-0.4, -0.2) is 50.1 Å². The van der Waals surface area contributed by atoms with Crippen LogP contribution in [0.15, 0.2) is 36.4 Å². The molecule has 1 aliphatic heterocycles. The van der Waals surface area contributed by atoms with Crippen LogP contribution < -0.4 is 14.8 Å². The standard InChI is InChI=1S/C21H22ClFN2O4/c1-28-16-7-4-8-17(29-2)19(16)21(27)25-11-9-13(10-12-25)24-20(26)18-14(22)5-3-6-15(18)23/h3-8,13H,9-12H2,1-2H3,(H,24,26). The van der Waals surface area contributed by atoms with Gasteiger partial charge in [0.1, 0.15) is 22.9 Å². The highest BCUT2D eigenvalue weighted by molar-refractivity contribution is 6.33. The number of hydrogen-bond acceptors (Lipinski definition) is 4. The van der Waals surface area contributed by atoms with Crippen molar-refractivity contribution in [3.05, 3.63) is 58.4 Å². The SMILES string of the molecule is COc1cccc(OC)c1C(=O)N1CCC(NC(=O)c2c(F)cccc2Cl)CC1. The summed E-state index contributed by atoms with van der Waals surface area (Å²) in [6, 6.07) is 9.11. The molecule has 2 aromatic rings. The Morgan fingerprint density at radius 3 is 2.17 bits per heavy atom. The fourth-order valence-electron chi connectivity index (χ4n) is 3.42. The van der Waals surface area contributed by atoms with Gasteiger partial charge in [0.25, 0.3) is 11.8 Å². The van der Waals surface area contributed by atoms with Crippen molar-refractivity contribution < 1.29 is 23.5 Å². The zero-order chi connectivity index (χ0) is 21.0. The number of ether oxygens (including phenoxy) is 2. The molecule has 0 radical (unpaired) electrons. The van der Waals surface area contributed by atoms with Gasteiger partial charge in [-0.1, -0.05) is 23.7 Å². The number of amides is 2. The van der Waals surface area contributed by atoms with E-state index < -0.39 is 11.7 Å². The second-order valence-corrected chi connectivity index (χ2v) is 7.08. The van der Waals surface area contributed by atoms with E-state index in [0.717, 1.165) is 0 Å². The van der Waals surface area contributed by atoms with Crippen molar-refractivity contribution in [1.29, 1.82) is 0 Å². The average molecular weight is 421 g/mol. The Labute approximate surface area is 173 Å². The number of methoxy groups -OCH3 is 2. The first kappa shape index (κ1) is 20.9. The van der Waals surface area contributed by atoms with E-state index in [1.807, 2.05) is 0 Å². The second kappa shape index (κ2) is 9.13. The largest absolute Gasteiger partial charge is 0.496 e.